The fraction of sp³-hybridized carbons (Fsp3) is 0.529. The molecule has 0 aromatic rings. The Morgan fingerprint density at radius 2 is 1.65 bits per heavy atom. The van der Waals surface area contributed by atoms with Crippen LogP contribution >= 0.6 is 0 Å². The van der Waals surface area contributed by atoms with E-state index in [1.165, 1.54) is 0 Å². The van der Waals surface area contributed by atoms with Gasteiger partial charge in [-0.1, -0.05) is 19.9 Å². The topological polar surface area (TPSA) is 86.0 Å². The fourth-order valence-corrected chi connectivity index (χ4v) is 2.90. The van der Waals surface area contributed by atoms with E-state index in [2.05, 4.69) is 46.0 Å². The summed E-state index contributed by atoms with van der Waals surface area (Å²) in [6.45, 7) is 17.8. The number of hydrogen-bond donors (Lipinski definition) is 0. The molecule has 2 atom stereocenters. The molecule has 1 unspecified atom stereocenters. The van der Waals surface area contributed by atoms with Gasteiger partial charge < -0.3 is 4.74 Å². The van der Waals surface area contributed by atoms with Crippen molar-refractivity contribution in [2.45, 2.75) is 39.5 Å². The molecule has 126 valence electrons. The number of allylic oxidation sites excluding steroid dienone is 3. The smallest absolute Gasteiger partial charge is 0 e. The molecule has 0 heterocycles. The van der Waals surface area contributed by atoms with Gasteiger partial charge in [-0.3, -0.25) is 4.79 Å². The summed E-state index contributed by atoms with van der Waals surface area (Å²) in [6, 6.07) is 0. The maximum absolute atomic E-state index is 12.1. The largest absolute Gasteiger partial charge is 0 e. The zero-order valence-corrected chi connectivity index (χ0v) is 14.6. The minimum atomic E-state index is -0.181. The number of hydrogen-bond acceptors (Lipinski definition) is 2. The molecule has 2 aliphatic carbocycles. The molecule has 2 rings (SSSR count). The average molecular weight is 360 g/mol. The second-order valence-corrected chi connectivity index (χ2v) is 5.37. The normalized spacial score (nSPS) is 27.2. The number of carbonyl (C=O) groups is 1. The summed E-state index contributed by atoms with van der Waals surface area (Å²) in [4.78, 5) is 12.1. The second-order valence-electron chi connectivity index (χ2n) is 5.37. The van der Waals surface area contributed by atoms with Crippen molar-refractivity contribution in [3.8, 4) is 0 Å². The van der Waals surface area contributed by atoms with E-state index in [4.69, 9.17) is 18.7 Å². The van der Waals surface area contributed by atoms with Crippen LogP contribution < -0.4 is 0 Å². The van der Waals surface area contributed by atoms with E-state index in [9.17, 15) is 4.79 Å². The summed E-state index contributed by atoms with van der Waals surface area (Å²) in [5.41, 5.74) is -0.220. The van der Waals surface area contributed by atoms with Gasteiger partial charge in [0.25, 0.3) is 0 Å². The minimum Gasteiger partial charge on any atom is 0 e. The Bertz CT molecular complexity index is 475. The molecular weight excluding hydrogens is 340 g/mol. The Balaban J connectivity index is -0.000000514. The predicted molar refractivity (Wildman–Crippen MR) is 75.7 cm³/mol. The first-order valence-corrected chi connectivity index (χ1v) is 6.60. The summed E-state index contributed by atoms with van der Waals surface area (Å²) < 4.78 is 27.7. The maximum atomic E-state index is 12.1. The van der Waals surface area contributed by atoms with Gasteiger partial charge in [-0.2, -0.15) is 0 Å². The Kier molecular flexibility index (Phi) is 15.2. The zero-order valence-electron chi connectivity index (χ0n) is 13.5. The van der Waals surface area contributed by atoms with Crippen LogP contribution in [0, 0.1) is 30.8 Å². The van der Waals surface area contributed by atoms with Crippen LogP contribution in [-0.4, -0.2) is 12.9 Å². The SMILES string of the molecule is COC1=CC[C@@](C)(C2(C)CCCC2=O)C=C1.[C-]#[O+].[C-]#[O+].[C-]#[O+].[Fe]. The maximum Gasteiger partial charge on any atom is 0 e. The molecule has 2 aliphatic rings. The van der Waals surface area contributed by atoms with Crippen LogP contribution in [0.3, 0.4) is 0 Å². The van der Waals surface area contributed by atoms with Crippen LogP contribution in [0.2, 0.25) is 0 Å². The average Bonchev–Trinajstić information content (AvgIpc) is 2.95. The Hall–Kier alpha value is -1.31. The summed E-state index contributed by atoms with van der Waals surface area (Å²) >= 11 is 0. The van der Waals surface area contributed by atoms with E-state index in [1.807, 2.05) is 6.08 Å². The third-order valence-corrected chi connectivity index (χ3v) is 4.53. The zero-order chi connectivity index (χ0) is 17.8. The van der Waals surface area contributed by atoms with Crippen molar-refractivity contribution < 1.29 is 40.6 Å². The monoisotopic (exact) mass is 360 g/mol. The van der Waals surface area contributed by atoms with Gasteiger partial charge in [-0.25, -0.2) is 0 Å². The van der Waals surface area contributed by atoms with Gasteiger partial charge in [-0.05, 0) is 31.4 Å². The van der Waals surface area contributed by atoms with Crippen molar-refractivity contribution in [3.05, 3.63) is 43.9 Å². The van der Waals surface area contributed by atoms with Crippen LogP contribution in [0.25, 0.3) is 0 Å². The van der Waals surface area contributed by atoms with E-state index in [0.29, 0.717) is 5.78 Å². The molecule has 1 saturated carbocycles. The molecule has 0 radical (unpaired) electrons. The number of carbonyl (C=O) groups excluding carboxylic acids is 1. The molecule has 23 heavy (non-hydrogen) atoms. The van der Waals surface area contributed by atoms with Crippen LogP contribution in [0.1, 0.15) is 39.5 Å². The Morgan fingerprint density at radius 3 is 1.96 bits per heavy atom. The van der Waals surface area contributed by atoms with Gasteiger partial charge >= 0.3 is 33.9 Å². The number of rotatable bonds is 2. The summed E-state index contributed by atoms with van der Waals surface area (Å²) in [7, 11) is 1.68. The molecule has 5 nitrogen and oxygen atoms in total. The number of Topliss-reactive ketones (excluding diaryl/α,β-unsaturated/α-hetero) is 1. The minimum absolute atomic E-state index is 0. The predicted octanol–water partition coefficient (Wildman–Crippen LogP) is 3.13. The molecule has 1 fully saturated rings. The molecule has 0 N–H and O–H groups in total. The van der Waals surface area contributed by atoms with E-state index in [0.717, 1.165) is 31.4 Å². The molecular formula is C17H20FeO5. The van der Waals surface area contributed by atoms with Gasteiger partial charge in [-0.15, -0.1) is 0 Å². The summed E-state index contributed by atoms with van der Waals surface area (Å²) in [5.74, 6) is 1.33. The first kappa shape index (κ1) is 26.6. The molecule has 6 heteroatoms. The summed E-state index contributed by atoms with van der Waals surface area (Å²) in [6.07, 6.45) is 9.96. The quantitative estimate of drug-likeness (QED) is 0.430. The van der Waals surface area contributed by atoms with Gasteiger partial charge in [0.2, 0.25) is 0 Å². The molecule has 0 saturated heterocycles. The van der Waals surface area contributed by atoms with Crippen LogP contribution in [-0.2, 0) is 40.6 Å². The van der Waals surface area contributed by atoms with Crippen molar-refractivity contribution in [1.29, 1.82) is 0 Å². The number of ether oxygens (including phenoxy) is 1. The van der Waals surface area contributed by atoms with Crippen molar-refractivity contribution in [3.63, 3.8) is 0 Å². The van der Waals surface area contributed by atoms with E-state index in [-0.39, 0.29) is 27.9 Å². The molecule has 0 amide bonds. The van der Waals surface area contributed by atoms with Crippen molar-refractivity contribution in [2.24, 2.45) is 10.8 Å². The van der Waals surface area contributed by atoms with Crippen molar-refractivity contribution in [1.82, 2.24) is 0 Å². The number of ketones is 1. The molecule has 0 aliphatic heterocycles. The molecule has 0 bridgehead atoms. The third kappa shape index (κ3) is 6.01. The van der Waals surface area contributed by atoms with Gasteiger partial charge in [0.15, 0.2) is 0 Å². The van der Waals surface area contributed by atoms with E-state index < -0.39 is 0 Å². The van der Waals surface area contributed by atoms with E-state index in [1.54, 1.807) is 7.11 Å². The van der Waals surface area contributed by atoms with Crippen molar-refractivity contribution >= 4 is 5.78 Å². The Morgan fingerprint density at radius 1 is 1.13 bits per heavy atom. The summed E-state index contributed by atoms with van der Waals surface area (Å²) in [5, 5.41) is 0. The first-order chi connectivity index (χ1) is 10.5. The molecule has 0 aromatic heterocycles. The van der Waals surface area contributed by atoms with Crippen LogP contribution in [0.15, 0.2) is 24.0 Å². The molecule has 0 spiro atoms. The third-order valence-electron chi connectivity index (χ3n) is 4.53. The first-order valence-electron chi connectivity index (χ1n) is 6.60. The standard InChI is InChI=1S/C14H20O2.3CO.Fe/c1-13(9-6-11(16-3)7-10-13)14(2)8-4-5-12(14)15;3*1-2;/h6-7,9H,4-5,8,10H2,1-3H3;;;;/t13-,14?;;;;/m0..../s1. The number of methoxy groups -OCH3 is 1. The Labute approximate surface area is 148 Å². The van der Waals surface area contributed by atoms with Crippen LogP contribution in [0.5, 0.6) is 0 Å². The second kappa shape index (κ2) is 13.2. The van der Waals surface area contributed by atoms with Crippen molar-refractivity contribution in [2.75, 3.05) is 7.11 Å². The molecule has 0 aromatic carbocycles. The van der Waals surface area contributed by atoms with Gasteiger partial charge in [0, 0.05) is 34.3 Å². The van der Waals surface area contributed by atoms with Gasteiger partial charge in [0.05, 0.1) is 7.11 Å². The van der Waals surface area contributed by atoms with E-state index >= 15 is 0 Å². The van der Waals surface area contributed by atoms with Gasteiger partial charge in [0.1, 0.15) is 11.5 Å². The fourth-order valence-electron chi connectivity index (χ4n) is 2.90. The van der Waals surface area contributed by atoms with Crippen LogP contribution in [0.4, 0.5) is 0 Å².